The van der Waals surface area contributed by atoms with Gasteiger partial charge in [-0.3, -0.25) is 0 Å². The Balaban J connectivity index is 2.32. The average molecular weight is 406 g/mol. The predicted octanol–water partition coefficient (Wildman–Crippen LogP) is 3.17. The first-order valence-corrected chi connectivity index (χ1v) is 8.18. The van der Waals surface area contributed by atoms with E-state index in [2.05, 4.69) is 4.98 Å². The highest BCUT2D eigenvalue weighted by Crippen LogP contribution is 2.48. The standard InChI is InChI=1S/C18H16F6N2O2/c19-6-16(7-20)9-28-15-12(16)5-13(17(27,8-25)18(22,23)24)26-14(15)10-1-3-11(21)4-2-10/h1-5,27H,6-9,25H2. The van der Waals surface area contributed by atoms with Crippen molar-refractivity contribution in [3.8, 4) is 17.0 Å². The van der Waals surface area contributed by atoms with Crippen LogP contribution in [0.1, 0.15) is 11.3 Å². The van der Waals surface area contributed by atoms with E-state index >= 15 is 0 Å². The van der Waals surface area contributed by atoms with E-state index in [-0.39, 0.29) is 22.6 Å². The highest BCUT2D eigenvalue weighted by Gasteiger charge is 2.56. The number of pyridine rings is 1. The van der Waals surface area contributed by atoms with Crippen LogP contribution >= 0.6 is 0 Å². The van der Waals surface area contributed by atoms with E-state index in [1.54, 1.807) is 0 Å². The number of halogens is 6. The largest absolute Gasteiger partial charge is 0.490 e. The minimum Gasteiger partial charge on any atom is -0.490 e. The molecule has 0 amide bonds. The highest BCUT2D eigenvalue weighted by atomic mass is 19.4. The quantitative estimate of drug-likeness (QED) is 0.749. The Morgan fingerprint density at radius 1 is 1.14 bits per heavy atom. The monoisotopic (exact) mass is 406 g/mol. The smallest absolute Gasteiger partial charge is 0.424 e. The number of hydrogen-bond donors (Lipinski definition) is 2. The lowest BCUT2D eigenvalue weighted by Gasteiger charge is -2.30. The van der Waals surface area contributed by atoms with Gasteiger partial charge in [-0.15, -0.1) is 0 Å². The molecular formula is C18H16F6N2O2. The molecule has 0 fully saturated rings. The van der Waals surface area contributed by atoms with Crippen LogP contribution in [0.15, 0.2) is 30.3 Å². The summed E-state index contributed by atoms with van der Waals surface area (Å²) in [4.78, 5) is 3.85. The lowest BCUT2D eigenvalue weighted by Crippen LogP contribution is -2.49. The van der Waals surface area contributed by atoms with Crippen molar-refractivity contribution in [2.75, 3.05) is 26.5 Å². The first kappa shape index (κ1) is 20.4. The molecule has 152 valence electrons. The molecule has 0 aliphatic carbocycles. The third-order valence-corrected chi connectivity index (χ3v) is 4.85. The summed E-state index contributed by atoms with van der Waals surface area (Å²) in [6.45, 7) is -4.20. The number of nitrogens with zero attached hydrogens (tertiary/aromatic N) is 1. The van der Waals surface area contributed by atoms with Crippen LogP contribution in [0.4, 0.5) is 26.3 Å². The molecular weight excluding hydrogens is 390 g/mol. The Kier molecular flexibility index (Phi) is 5.05. The Morgan fingerprint density at radius 2 is 1.75 bits per heavy atom. The molecule has 1 atom stereocenters. The lowest BCUT2D eigenvalue weighted by atomic mass is 9.82. The molecule has 4 nitrogen and oxygen atoms in total. The predicted molar refractivity (Wildman–Crippen MR) is 87.8 cm³/mol. The molecule has 3 N–H and O–H groups in total. The Morgan fingerprint density at radius 3 is 2.25 bits per heavy atom. The molecule has 0 bridgehead atoms. The second-order valence-electron chi connectivity index (χ2n) is 6.64. The summed E-state index contributed by atoms with van der Waals surface area (Å²) in [6, 6.07) is 5.31. The SMILES string of the molecule is NCC(O)(c1cc2c(c(-c3ccc(F)cc3)n1)OCC2(CF)CF)C(F)(F)F. The van der Waals surface area contributed by atoms with Crippen molar-refractivity contribution in [1.29, 1.82) is 0 Å². The average Bonchev–Trinajstić information content (AvgIpc) is 3.05. The molecule has 0 saturated heterocycles. The molecule has 1 aliphatic heterocycles. The summed E-state index contributed by atoms with van der Waals surface area (Å²) in [5.41, 5.74) is -1.37. The van der Waals surface area contributed by atoms with Gasteiger partial charge in [-0.1, -0.05) is 0 Å². The van der Waals surface area contributed by atoms with Crippen molar-refractivity contribution in [1.82, 2.24) is 4.98 Å². The van der Waals surface area contributed by atoms with Gasteiger partial charge in [0.1, 0.15) is 37.2 Å². The summed E-state index contributed by atoms with van der Waals surface area (Å²) in [5, 5.41) is 10.2. The highest BCUT2D eigenvalue weighted by molar-refractivity contribution is 5.71. The normalized spacial score (nSPS) is 17.7. The van der Waals surface area contributed by atoms with E-state index in [1.807, 2.05) is 0 Å². The van der Waals surface area contributed by atoms with Crippen LogP contribution in [-0.2, 0) is 11.0 Å². The molecule has 0 saturated carbocycles. The number of nitrogens with two attached hydrogens (primary N) is 1. The Hall–Kier alpha value is -2.33. The molecule has 2 heterocycles. The fourth-order valence-electron chi connectivity index (χ4n) is 3.00. The van der Waals surface area contributed by atoms with Gasteiger partial charge in [0.25, 0.3) is 0 Å². The van der Waals surface area contributed by atoms with Gasteiger partial charge in [0, 0.05) is 17.7 Å². The minimum atomic E-state index is -5.20. The second kappa shape index (κ2) is 6.93. The van der Waals surface area contributed by atoms with Crippen molar-refractivity contribution < 1.29 is 36.2 Å². The molecule has 3 rings (SSSR count). The zero-order valence-corrected chi connectivity index (χ0v) is 14.4. The van der Waals surface area contributed by atoms with Crippen molar-refractivity contribution in [2.45, 2.75) is 17.2 Å². The van der Waals surface area contributed by atoms with E-state index < -0.39 is 55.2 Å². The summed E-state index contributed by atoms with van der Waals surface area (Å²) >= 11 is 0. The van der Waals surface area contributed by atoms with Gasteiger partial charge in [-0.05, 0) is 30.3 Å². The third kappa shape index (κ3) is 3.00. The lowest BCUT2D eigenvalue weighted by molar-refractivity contribution is -0.263. The molecule has 1 aromatic carbocycles. The van der Waals surface area contributed by atoms with Crippen LogP contribution in [0.25, 0.3) is 11.3 Å². The van der Waals surface area contributed by atoms with Gasteiger partial charge in [-0.25, -0.2) is 18.2 Å². The summed E-state index contributed by atoms with van der Waals surface area (Å²) in [5.74, 6) is -0.722. The summed E-state index contributed by atoms with van der Waals surface area (Å²) in [7, 11) is 0. The van der Waals surface area contributed by atoms with Crippen molar-refractivity contribution in [3.05, 3.63) is 47.4 Å². The van der Waals surface area contributed by atoms with E-state index in [1.165, 1.54) is 12.1 Å². The number of alkyl halides is 5. The summed E-state index contributed by atoms with van der Waals surface area (Å²) < 4.78 is 86.4. The van der Waals surface area contributed by atoms with Gasteiger partial charge in [-0.2, -0.15) is 13.2 Å². The third-order valence-electron chi connectivity index (χ3n) is 4.85. The fraction of sp³-hybridized carbons (Fsp3) is 0.389. The van der Waals surface area contributed by atoms with Gasteiger partial charge in [0.05, 0.1) is 11.1 Å². The van der Waals surface area contributed by atoms with E-state index in [0.717, 1.165) is 18.2 Å². The number of benzene rings is 1. The second-order valence-corrected chi connectivity index (χ2v) is 6.64. The van der Waals surface area contributed by atoms with Crippen LogP contribution in [-0.4, -0.2) is 42.8 Å². The molecule has 1 unspecified atom stereocenters. The van der Waals surface area contributed by atoms with E-state index in [4.69, 9.17) is 10.5 Å². The number of fused-ring (bicyclic) bond motifs is 1. The molecule has 1 aliphatic rings. The zero-order valence-electron chi connectivity index (χ0n) is 14.4. The van der Waals surface area contributed by atoms with Gasteiger partial charge < -0.3 is 15.6 Å². The first-order chi connectivity index (χ1) is 13.1. The molecule has 2 aromatic rings. The van der Waals surface area contributed by atoms with E-state index in [0.29, 0.717) is 0 Å². The van der Waals surface area contributed by atoms with Gasteiger partial charge >= 0.3 is 6.18 Å². The van der Waals surface area contributed by atoms with Crippen LogP contribution < -0.4 is 10.5 Å². The van der Waals surface area contributed by atoms with Crippen LogP contribution in [0.5, 0.6) is 5.75 Å². The zero-order chi connectivity index (χ0) is 20.7. The summed E-state index contributed by atoms with van der Waals surface area (Å²) in [6.07, 6.45) is -5.20. The van der Waals surface area contributed by atoms with E-state index in [9.17, 15) is 31.4 Å². The minimum absolute atomic E-state index is 0.118. The maximum atomic E-state index is 13.7. The maximum Gasteiger partial charge on any atom is 0.424 e. The molecule has 0 spiro atoms. The van der Waals surface area contributed by atoms with Crippen LogP contribution in [0.2, 0.25) is 0 Å². The number of hydrogen-bond acceptors (Lipinski definition) is 4. The molecule has 0 radical (unpaired) electrons. The van der Waals surface area contributed by atoms with Crippen LogP contribution in [0.3, 0.4) is 0 Å². The Labute approximate surface area is 155 Å². The number of rotatable bonds is 5. The number of aliphatic hydroxyl groups is 1. The molecule has 1 aromatic heterocycles. The number of aromatic nitrogens is 1. The Bertz CT molecular complexity index is 868. The van der Waals surface area contributed by atoms with Crippen LogP contribution in [0, 0.1) is 5.82 Å². The maximum absolute atomic E-state index is 13.7. The van der Waals surface area contributed by atoms with Crippen molar-refractivity contribution in [3.63, 3.8) is 0 Å². The van der Waals surface area contributed by atoms with Gasteiger partial charge in [0.2, 0.25) is 5.60 Å². The number of ether oxygens (including phenoxy) is 1. The van der Waals surface area contributed by atoms with Crippen molar-refractivity contribution >= 4 is 0 Å². The topological polar surface area (TPSA) is 68.4 Å². The van der Waals surface area contributed by atoms with Gasteiger partial charge in [0.15, 0.2) is 0 Å². The fourth-order valence-corrected chi connectivity index (χ4v) is 3.00. The molecule has 28 heavy (non-hydrogen) atoms. The molecule has 10 heteroatoms. The first-order valence-electron chi connectivity index (χ1n) is 8.18. The van der Waals surface area contributed by atoms with Crippen molar-refractivity contribution in [2.24, 2.45) is 5.73 Å².